The molecular weight excluding hydrogens is 386 g/mol. The van der Waals surface area contributed by atoms with E-state index in [2.05, 4.69) is 11.9 Å². The Morgan fingerprint density at radius 2 is 1.93 bits per heavy atom. The number of hydrogen-bond acceptors (Lipinski definition) is 6. The Morgan fingerprint density at radius 3 is 2.70 bits per heavy atom. The maximum atomic E-state index is 12.1. The number of rotatable bonds is 7. The van der Waals surface area contributed by atoms with Crippen molar-refractivity contribution in [1.29, 1.82) is 0 Å². The van der Waals surface area contributed by atoms with Crippen molar-refractivity contribution in [3.63, 3.8) is 0 Å². The highest BCUT2D eigenvalue weighted by atomic mass is 16.6. The van der Waals surface area contributed by atoms with Crippen molar-refractivity contribution >= 4 is 22.8 Å². The van der Waals surface area contributed by atoms with E-state index in [4.69, 9.17) is 13.9 Å². The maximum Gasteiger partial charge on any atom is 0.349 e. The summed E-state index contributed by atoms with van der Waals surface area (Å²) in [4.78, 5) is 36.2. The SMILES string of the molecule is C=CCNC(=O)c1cc2ccc(OC(=O)COc3cc(C)ccc3C)cc2oc1=O. The molecule has 0 unspecified atom stereocenters. The first kappa shape index (κ1) is 20.9. The summed E-state index contributed by atoms with van der Waals surface area (Å²) in [5.74, 6) is -0.342. The van der Waals surface area contributed by atoms with Crippen LogP contribution in [-0.4, -0.2) is 25.0 Å². The zero-order valence-electron chi connectivity index (χ0n) is 16.7. The number of nitrogens with one attached hydrogen (secondary N) is 1. The van der Waals surface area contributed by atoms with Crippen LogP contribution in [0.15, 0.2) is 64.3 Å². The Morgan fingerprint density at radius 1 is 1.13 bits per heavy atom. The lowest BCUT2D eigenvalue weighted by Gasteiger charge is -2.10. The largest absolute Gasteiger partial charge is 0.482 e. The highest BCUT2D eigenvalue weighted by molar-refractivity contribution is 5.96. The molecule has 7 heteroatoms. The van der Waals surface area contributed by atoms with E-state index < -0.39 is 17.5 Å². The molecule has 1 N–H and O–H groups in total. The number of benzene rings is 2. The van der Waals surface area contributed by atoms with Crippen molar-refractivity contribution in [3.05, 3.63) is 82.2 Å². The van der Waals surface area contributed by atoms with Crippen LogP contribution in [0.25, 0.3) is 11.0 Å². The average Bonchev–Trinajstić information content (AvgIpc) is 2.72. The van der Waals surface area contributed by atoms with Gasteiger partial charge in [0.25, 0.3) is 5.91 Å². The number of hydrogen-bond donors (Lipinski definition) is 1. The number of esters is 1. The first-order valence-electron chi connectivity index (χ1n) is 9.25. The molecule has 0 aliphatic carbocycles. The van der Waals surface area contributed by atoms with Gasteiger partial charge in [0.15, 0.2) is 6.61 Å². The van der Waals surface area contributed by atoms with Crippen LogP contribution in [0, 0.1) is 13.8 Å². The molecule has 3 rings (SSSR count). The Bertz CT molecular complexity index is 1180. The lowest BCUT2D eigenvalue weighted by Crippen LogP contribution is -2.28. The fourth-order valence-electron chi connectivity index (χ4n) is 2.73. The van der Waals surface area contributed by atoms with Gasteiger partial charge in [-0.05, 0) is 49.2 Å². The molecule has 1 aromatic heterocycles. The minimum Gasteiger partial charge on any atom is -0.482 e. The van der Waals surface area contributed by atoms with E-state index in [-0.39, 0.29) is 30.0 Å². The normalized spacial score (nSPS) is 10.5. The summed E-state index contributed by atoms with van der Waals surface area (Å²) in [7, 11) is 0. The van der Waals surface area contributed by atoms with Crippen molar-refractivity contribution in [1.82, 2.24) is 5.32 Å². The Hall–Kier alpha value is -3.87. The molecule has 1 heterocycles. The minimum atomic E-state index is -0.786. The predicted octanol–water partition coefficient (Wildman–Crippen LogP) is 3.31. The first-order chi connectivity index (χ1) is 14.4. The molecule has 0 saturated heterocycles. The Kier molecular flexibility index (Phi) is 6.32. The number of carbonyl (C=O) groups excluding carboxylic acids is 2. The van der Waals surface area contributed by atoms with E-state index in [1.54, 1.807) is 12.1 Å². The van der Waals surface area contributed by atoms with Gasteiger partial charge >= 0.3 is 11.6 Å². The van der Waals surface area contributed by atoms with Gasteiger partial charge in [0.2, 0.25) is 0 Å². The van der Waals surface area contributed by atoms with E-state index in [9.17, 15) is 14.4 Å². The van der Waals surface area contributed by atoms with Crippen LogP contribution in [0.1, 0.15) is 21.5 Å². The molecule has 0 atom stereocenters. The zero-order chi connectivity index (χ0) is 21.7. The topological polar surface area (TPSA) is 94.8 Å². The van der Waals surface area contributed by atoms with E-state index >= 15 is 0 Å². The third-order valence-corrected chi connectivity index (χ3v) is 4.28. The molecular formula is C23H21NO6. The molecule has 0 fully saturated rings. The van der Waals surface area contributed by atoms with Gasteiger partial charge in [0, 0.05) is 18.0 Å². The highest BCUT2D eigenvalue weighted by Crippen LogP contribution is 2.22. The second-order valence-electron chi connectivity index (χ2n) is 6.68. The lowest BCUT2D eigenvalue weighted by molar-refractivity contribution is -0.136. The summed E-state index contributed by atoms with van der Waals surface area (Å²) in [6.07, 6.45) is 1.51. The summed E-state index contributed by atoms with van der Waals surface area (Å²) >= 11 is 0. The first-order valence-corrected chi connectivity index (χ1v) is 9.25. The molecule has 2 aromatic carbocycles. The second-order valence-corrected chi connectivity index (χ2v) is 6.68. The van der Waals surface area contributed by atoms with Gasteiger partial charge in [-0.2, -0.15) is 0 Å². The van der Waals surface area contributed by atoms with E-state index in [1.165, 1.54) is 18.2 Å². The zero-order valence-corrected chi connectivity index (χ0v) is 16.7. The molecule has 154 valence electrons. The molecule has 3 aromatic rings. The maximum absolute atomic E-state index is 12.1. The third-order valence-electron chi connectivity index (χ3n) is 4.28. The number of aryl methyl sites for hydroxylation is 2. The minimum absolute atomic E-state index is 0.115. The lowest BCUT2D eigenvalue weighted by atomic mass is 10.1. The number of carbonyl (C=O) groups is 2. The van der Waals surface area contributed by atoms with Crippen LogP contribution < -0.4 is 20.4 Å². The average molecular weight is 407 g/mol. The fraction of sp³-hybridized carbons (Fsp3) is 0.174. The molecule has 7 nitrogen and oxygen atoms in total. The summed E-state index contributed by atoms with van der Waals surface area (Å²) in [6, 6.07) is 11.7. The van der Waals surface area contributed by atoms with Gasteiger partial charge in [-0.25, -0.2) is 9.59 Å². The van der Waals surface area contributed by atoms with Gasteiger partial charge in [-0.1, -0.05) is 18.2 Å². The summed E-state index contributed by atoms with van der Waals surface area (Å²) in [6.45, 7) is 7.28. The molecule has 0 radical (unpaired) electrons. The molecule has 0 spiro atoms. The third kappa shape index (κ3) is 4.94. The molecule has 30 heavy (non-hydrogen) atoms. The quantitative estimate of drug-likeness (QED) is 0.279. The van der Waals surface area contributed by atoms with Crippen LogP contribution in [0.4, 0.5) is 0 Å². The molecule has 0 aliphatic heterocycles. The van der Waals surface area contributed by atoms with Gasteiger partial charge in [0.05, 0.1) is 0 Å². The molecule has 0 saturated carbocycles. The number of ether oxygens (including phenoxy) is 2. The van der Waals surface area contributed by atoms with Crippen molar-refractivity contribution in [2.24, 2.45) is 0 Å². The van der Waals surface area contributed by atoms with E-state index in [1.807, 2.05) is 32.0 Å². The number of amides is 1. The van der Waals surface area contributed by atoms with Crippen LogP contribution in [-0.2, 0) is 4.79 Å². The standard InChI is InChI=1S/C23H21NO6/c1-4-9-24-22(26)18-11-16-7-8-17(12-20(16)30-23(18)27)29-21(25)13-28-19-10-14(2)5-6-15(19)3/h4-8,10-12H,1,9,13H2,2-3H3,(H,24,26). The van der Waals surface area contributed by atoms with Crippen molar-refractivity contribution < 1.29 is 23.5 Å². The predicted molar refractivity (Wildman–Crippen MR) is 112 cm³/mol. The highest BCUT2D eigenvalue weighted by Gasteiger charge is 2.14. The number of fused-ring (bicyclic) bond motifs is 1. The van der Waals surface area contributed by atoms with Crippen LogP contribution in [0.2, 0.25) is 0 Å². The van der Waals surface area contributed by atoms with E-state index in [0.29, 0.717) is 11.1 Å². The monoisotopic (exact) mass is 407 g/mol. The van der Waals surface area contributed by atoms with Gasteiger partial charge in [-0.15, -0.1) is 6.58 Å². The summed E-state index contributed by atoms with van der Waals surface area (Å²) < 4.78 is 16.0. The van der Waals surface area contributed by atoms with Gasteiger partial charge in [0.1, 0.15) is 22.6 Å². The summed E-state index contributed by atoms with van der Waals surface area (Å²) in [5, 5.41) is 3.04. The van der Waals surface area contributed by atoms with Crippen LogP contribution in [0.5, 0.6) is 11.5 Å². The Balaban J connectivity index is 1.71. The molecule has 0 bridgehead atoms. The van der Waals surface area contributed by atoms with Crippen LogP contribution >= 0.6 is 0 Å². The van der Waals surface area contributed by atoms with Crippen molar-refractivity contribution in [2.45, 2.75) is 13.8 Å². The molecule has 0 aliphatic rings. The van der Waals surface area contributed by atoms with Crippen molar-refractivity contribution in [3.8, 4) is 11.5 Å². The van der Waals surface area contributed by atoms with Crippen molar-refractivity contribution in [2.75, 3.05) is 13.2 Å². The molecule has 1 amide bonds. The van der Waals surface area contributed by atoms with E-state index in [0.717, 1.165) is 11.1 Å². The van der Waals surface area contributed by atoms with Gasteiger partial charge in [-0.3, -0.25) is 4.79 Å². The second kappa shape index (κ2) is 9.09. The van der Waals surface area contributed by atoms with Crippen LogP contribution in [0.3, 0.4) is 0 Å². The van der Waals surface area contributed by atoms with Gasteiger partial charge < -0.3 is 19.2 Å². The Labute approximate surface area is 172 Å². The smallest absolute Gasteiger partial charge is 0.349 e. The fourth-order valence-corrected chi connectivity index (χ4v) is 2.73. The summed E-state index contributed by atoms with van der Waals surface area (Å²) in [5.41, 5.74) is 1.22.